The van der Waals surface area contributed by atoms with E-state index in [4.69, 9.17) is 0 Å². The van der Waals surface area contributed by atoms with Crippen LogP contribution in [0, 0.1) is 0 Å². The summed E-state index contributed by atoms with van der Waals surface area (Å²) in [6.45, 7) is 29.9. The first-order valence-corrected chi connectivity index (χ1v) is 25.6. The minimum Gasteiger partial charge on any atom is -0.376 e. The third-order valence-corrected chi connectivity index (χ3v) is 18.7. The van der Waals surface area contributed by atoms with Crippen molar-refractivity contribution >= 4 is 61.7 Å². The molecule has 1 aromatic heterocycles. The SMILES string of the molecule is CC1(C)CCC(C)(C)c2cc(N3B4c5cc6c(cc5-n5c7cc8ccccc8cc7c7c(-c8ccccc8)cc(c4c75)-c4cc5c(cc43)C(C)(C)CCC5(C)C)C(C)(C)CCC6(C)C)ccc21. The molecule has 0 amide bonds. The molecule has 0 saturated carbocycles. The van der Waals surface area contributed by atoms with Crippen molar-refractivity contribution in [3.05, 3.63) is 149 Å². The van der Waals surface area contributed by atoms with Crippen LogP contribution in [-0.4, -0.2) is 11.4 Å². The van der Waals surface area contributed by atoms with Crippen molar-refractivity contribution in [1.29, 1.82) is 0 Å². The normalized spacial score (nSPS) is 20.5. The Kier molecular flexibility index (Phi) is 8.18. The molecule has 2 nitrogen and oxygen atoms in total. The first-order chi connectivity index (χ1) is 31.7. The predicted molar refractivity (Wildman–Crippen MR) is 289 cm³/mol. The summed E-state index contributed by atoms with van der Waals surface area (Å²) in [4.78, 5) is 2.86. The fourth-order valence-electron chi connectivity index (χ4n) is 14.1. The first-order valence-electron chi connectivity index (χ1n) is 25.6. The lowest BCUT2D eigenvalue weighted by Crippen LogP contribution is -2.61. The molecule has 0 unspecified atom stereocenters. The summed E-state index contributed by atoms with van der Waals surface area (Å²) < 4.78 is 2.75. The molecule has 0 spiro atoms. The first kappa shape index (κ1) is 41.6. The van der Waals surface area contributed by atoms with E-state index in [1.54, 1.807) is 0 Å². The maximum absolute atomic E-state index is 2.86. The highest BCUT2D eigenvalue weighted by Crippen LogP contribution is 2.56. The Balaban J connectivity index is 1.26. The lowest BCUT2D eigenvalue weighted by atomic mass is 9.43. The fourth-order valence-corrected chi connectivity index (χ4v) is 14.1. The molecule has 0 bridgehead atoms. The van der Waals surface area contributed by atoms with E-state index < -0.39 is 0 Å². The molecule has 0 radical (unpaired) electrons. The molecule has 0 saturated heterocycles. The van der Waals surface area contributed by atoms with Crippen molar-refractivity contribution in [3.8, 4) is 27.9 Å². The van der Waals surface area contributed by atoms with Crippen LogP contribution in [0.2, 0.25) is 0 Å². The molecule has 7 aromatic carbocycles. The second-order valence-electron chi connectivity index (χ2n) is 25.7. The van der Waals surface area contributed by atoms with Crippen LogP contribution >= 0.6 is 0 Å². The summed E-state index contributed by atoms with van der Waals surface area (Å²) in [6.07, 6.45) is 7.12. The Bertz CT molecular complexity index is 3480. The molecule has 5 aliphatic rings. The fraction of sp³-hybridized carbons (Fsp3) is 0.375. The summed E-state index contributed by atoms with van der Waals surface area (Å²) in [7, 11) is 0. The number of benzene rings is 7. The zero-order chi connectivity index (χ0) is 46.5. The average molecular weight is 875 g/mol. The Morgan fingerprint density at radius 3 is 1.54 bits per heavy atom. The van der Waals surface area contributed by atoms with E-state index in [1.807, 2.05) is 0 Å². The van der Waals surface area contributed by atoms with Gasteiger partial charge in [-0.1, -0.05) is 150 Å². The number of aromatic nitrogens is 1. The molecule has 8 aromatic rings. The van der Waals surface area contributed by atoms with Crippen molar-refractivity contribution in [2.45, 2.75) is 154 Å². The number of rotatable bonds is 2. The summed E-state index contributed by atoms with van der Waals surface area (Å²) in [5.74, 6) is 0. The van der Waals surface area contributed by atoms with Crippen LogP contribution in [0.4, 0.5) is 11.4 Å². The van der Waals surface area contributed by atoms with Crippen LogP contribution in [0.15, 0.2) is 115 Å². The third-order valence-electron chi connectivity index (χ3n) is 18.7. The van der Waals surface area contributed by atoms with Gasteiger partial charge in [-0.2, -0.15) is 0 Å². The van der Waals surface area contributed by atoms with Crippen molar-refractivity contribution in [2.24, 2.45) is 0 Å². The van der Waals surface area contributed by atoms with E-state index in [-0.39, 0.29) is 39.3 Å². The van der Waals surface area contributed by atoms with Gasteiger partial charge < -0.3 is 9.38 Å². The van der Waals surface area contributed by atoms with Gasteiger partial charge in [0.25, 0.3) is 0 Å². The Labute approximate surface area is 399 Å². The second-order valence-corrected chi connectivity index (χ2v) is 25.7. The van der Waals surface area contributed by atoms with Crippen molar-refractivity contribution < 1.29 is 0 Å². The molecule has 3 heteroatoms. The van der Waals surface area contributed by atoms with E-state index in [9.17, 15) is 0 Å². The molecule has 3 aliphatic carbocycles. The van der Waals surface area contributed by atoms with Gasteiger partial charge in [-0.15, -0.1) is 0 Å². The van der Waals surface area contributed by atoms with E-state index in [1.165, 1.54) is 155 Å². The maximum atomic E-state index is 2.86. The van der Waals surface area contributed by atoms with Crippen molar-refractivity contribution in [1.82, 2.24) is 4.57 Å². The quantitative estimate of drug-likeness (QED) is 0.157. The van der Waals surface area contributed by atoms with Gasteiger partial charge in [-0.25, -0.2) is 0 Å². The van der Waals surface area contributed by atoms with Crippen LogP contribution in [0.5, 0.6) is 0 Å². The zero-order valence-electron chi connectivity index (χ0n) is 42.2. The highest BCUT2D eigenvalue weighted by molar-refractivity contribution is 6.93. The van der Waals surface area contributed by atoms with E-state index in [0.29, 0.717) is 0 Å². The van der Waals surface area contributed by atoms with Gasteiger partial charge in [0.2, 0.25) is 0 Å². The standard InChI is InChI=1S/C64H67BN2/c1-59(2)24-25-60(3,4)47-32-41(22-23-46(47)59)67-54-36-50-48(61(5,6)26-28-63(50,9)10)34-43(54)44-33-42(38-18-14-13-15-19-38)56-45-30-39-20-16-17-21-40(39)31-53(45)66-55-37-51-49(62(7,8)27-29-64(51,11)12)35-52(55)65(67)57(44)58(56)66/h13-23,30-37H,24-29H2,1-12H3. The van der Waals surface area contributed by atoms with Gasteiger partial charge in [0, 0.05) is 33.4 Å². The largest absolute Gasteiger partial charge is 0.376 e. The number of hydrogen-bond donors (Lipinski definition) is 0. The predicted octanol–water partition coefficient (Wildman–Crippen LogP) is 15.9. The Hall–Kier alpha value is -5.54. The van der Waals surface area contributed by atoms with Crippen LogP contribution in [0.25, 0.3) is 60.5 Å². The summed E-state index contributed by atoms with van der Waals surface area (Å²) in [5, 5.41) is 5.28. The van der Waals surface area contributed by atoms with Crippen LogP contribution in [-0.2, 0) is 32.5 Å². The molecule has 0 atom stereocenters. The van der Waals surface area contributed by atoms with Gasteiger partial charge in [0.15, 0.2) is 0 Å². The zero-order valence-corrected chi connectivity index (χ0v) is 42.2. The van der Waals surface area contributed by atoms with Crippen LogP contribution in [0.3, 0.4) is 0 Å². The molecule has 3 heterocycles. The number of hydrogen-bond acceptors (Lipinski definition) is 1. The number of nitrogens with zero attached hydrogens (tertiary/aromatic N) is 2. The van der Waals surface area contributed by atoms with E-state index in [0.717, 1.165) is 0 Å². The molecular weight excluding hydrogens is 808 g/mol. The second kappa shape index (κ2) is 13.2. The molecule has 2 aliphatic heterocycles. The van der Waals surface area contributed by atoms with Gasteiger partial charge in [-0.05, 0) is 191 Å². The summed E-state index contributed by atoms with van der Waals surface area (Å²) in [5.41, 5.74) is 24.5. The topological polar surface area (TPSA) is 8.17 Å². The summed E-state index contributed by atoms with van der Waals surface area (Å²) >= 11 is 0. The minimum absolute atomic E-state index is 0.0438. The van der Waals surface area contributed by atoms with Crippen LogP contribution in [0.1, 0.15) is 155 Å². The highest BCUT2D eigenvalue weighted by Gasteiger charge is 2.49. The monoisotopic (exact) mass is 875 g/mol. The number of anilines is 2. The van der Waals surface area contributed by atoms with E-state index >= 15 is 0 Å². The molecule has 67 heavy (non-hydrogen) atoms. The minimum atomic E-state index is -0.0438. The van der Waals surface area contributed by atoms with Gasteiger partial charge in [-0.3, -0.25) is 0 Å². The molecular formula is C64H67BN2. The molecule has 0 fully saturated rings. The van der Waals surface area contributed by atoms with Crippen molar-refractivity contribution in [3.63, 3.8) is 0 Å². The molecule has 336 valence electrons. The lowest BCUT2D eigenvalue weighted by Gasteiger charge is -2.48. The van der Waals surface area contributed by atoms with Crippen molar-refractivity contribution in [2.75, 3.05) is 4.81 Å². The third kappa shape index (κ3) is 5.64. The smallest absolute Gasteiger partial charge is 0.333 e. The van der Waals surface area contributed by atoms with E-state index in [2.05, 4.69) is 208 Å². The Morgan fingerprint density at radius 2 is 0.925 bits per heavy atom. The van der Waals surface area contributed by atoms with Gasteiger partial charge >= 0.3 is 6.85 Å². The highest BCUT2D eigenvalue weighted by atomic mass is 15.1. The number of fused-ring (bicyclic) bond motifs is 12. The Morgan fingerprint density at radius 1 is 0.418 bits per heavy atom. The maximum Gasteiger partial charge on any atom is 0.333 e. The molecule has 13 rings (SSSR count). The van der Waals surface area contributed by atoms with Crippen LogP contribution < -0.4 is 15.7 Å². The summed E-state index contributed by atoms with van der Waals surface area (Å²) in [6, 6.07) is 46.5. The lowest BCUT2D eigenvalue weighted by molar-refractivity contribution is 0.332. The van der Waals surface area contributed by atoms with Gasteiger partial charge in [0.1, 0.15) is 0 Å². The molecule has 0 N–H and O–H groups in total. The average Bonchev–Trinajstić information content (AvgIpc) is 3.63. The van der Waals surface area contributed by atoms with Gasteiger partial charge in [0.05, 0.1) is 11.0 Å².